The van der Waals surface area contributed by atoms with Crippen molar-refractivity contribution in [3.63, 3.8) is 0 Å². The van der Waals surface area contributed by atoms with Gasteiger partial charge in [0.15, 0.2) is 5.78 Å². The minimum absolute atomic E-state index is 0.0176. The van der Waals surface area contributed by atoms with Crippen LogP contribution < -0.4 is 0 Å². The van der Waals surface area contributed by atoms with Gasteiger partial charge in [-0.25, -0.2) is 9.78 Å². The molecule has 1 heterocycles. The molecule has 0 saturated carbocycles. The third-order valence-electron chi connectivity index (χ3n) is 2.92. The van der Waals surface area contributed by atoms with Crippen LogP contribution in [-0.4, -0.2) is 29.0 Å². The standard InChI is InChI=1S/C13H12ClNO4/c1-19-13(18)9-6-5-8(12(14)15-9)11(17)7-3-2-4-10(7)16/h3,5-6,11,17H,2,4H2,1H3. The second-order valence-corrected chi connectivity index (χ2v) is 4.45. The van der Waals surface area contributed by atoms with Crippen LogP contribution in [0.2, 0.25) is 5.15 Å². The van der Waals surface area contributed by atoms with Crippen molar-refractivity contribution in [2.45, 2.75) is 18.9 Å². The van der Waals surface area contributed by atoms with Crippen LogP contribution in [0.3, 0.4) is 0 Å². The van der Waals surface area contributed by atoms with Crippen molar-refractivity contribution >= 4 is 23.4 Å². The van der Waals surface area contributed by atoms with E-state index in [2.05, 4.69) is 9.72 Å². The first-order valence-corrected chi connectivity index (χ1v) is 6.08. The molecule has 2 rings (SSSR count). The molecule has 1 aromatic heterocycles. The molecule has 0 spiro atoms. The molecule has 0 amide bonds. The molecule has 5 nitrogen and oxygen atoms in total. The average Bonchev–Trinajstić information content (AvgIpc) is 2.83. The number of rotatable bonds is 3. The molecule has 1 aliphatic carbocycles. The number of pyridine rings is 1. The molecule has 0 fully saturated rings. The van der Waals surface area contributed by atoms with E-state index in [1.807, 2.05) is 0 Å². The first kappa shape index (κ1) is 13.7. The van der Waals surface area contributed by atoms with Crippen LogP contribution in [-0.2, 0) is 9.53 Å². The van der Waals surface area contributed by atoms with Gasteiger partial charge in [0.05, 0.1) is 7.11 Å². The first-order chi connectivity index (χ1) is 9.04. The maximum Gasteiger partial charge on any atom is 0.356 e. The van der Waals surface area contributed by atoms with Gasteiger partial charge in [0.25, 0.3) is 0 Å². The number of ketones is 1. The van der Waals surface area contributed by atoms with Crippen LogP contribution in [0.5, 0.6) is 0 Å². The molecule has 6 heteroatoms. The third kappa shape index (κ3) is 2.67. The SMILES string of the molecule is COC(=O)c1ccc(C(O)C2=CCCC2=O)c(Cl)n1. The molecule has 1 unspecified atom stereocenters. The number of halogens is 1. The van der Waals surface area contributed by atoms with Crippen molar-refractivity contribution < 1.29 is 19.4 Å². The number of hydrogen-bond acceptors (Lipinski definition) is 5. The molecule has 0 saturated heterocycles. The first-order valence-electron chi connectivity index (χ1n) is 5.70. The molecule has 0 bridgehead atoms. The monoisotopic (exact) mass is 281 g/mol. The van der Waals surface area contributed by atoms with E-state index in [4.69, 9.17) is 11.6 Å². The Labute approximate surface area is 114 Å². The number of nitrogens with zero attached hydrogens (tertiary/aromatic N) is 1. The van der Waals surface area contributed by atoms with Gasteiger partial charge in [0, 0.05) is 17.6 Å². The summed E-state index contributed by atoms with van der Waals surface area (Å²) in [4.78, 5) is 26.7. The van der Waals surface area contributed by atoms with Crippen molar-refractivity contribution in [1.82, 2.24) is 4.98 Å². The van der Waals surface area contributed by atoms with E-state index in [0.717, 1.165) is 0 Å². The summed E-state index contributed by atoms with van der Waals surface area (Å²) in [7, 11) is 1.24. The van der Waals surface area contributed by atoms with Gasteiger partial charge in [-0.1, -0.05) is 23.7 Å². The van der Waals surface area contributed by atoms with Crippen LogP contribution in [0.15, 0.2) is 23.8 Å². The highest BCUT2D eigenvalue weighted by molar-refractivity contribution is 6.30. The minimum atomic E-state index is -1.11. The van der Waals surface area contributed by atoms with Crippen LogP contribution in [0, 0.1) is 0 Å². The molecule has 1 aliphatic rings. The molecule has 0 aliphatic heterocycles. The van der Waals surface area contributed by atoms with Gasteiger partial charge >= 0.3 is 5.97 Å². The lowest BCUT2D eigenvalue weighted by molar-refractivity contribution is -0.115. The Bertz CT molecular complexity index is 568. The fourth-order valence-electron chi connectivity index (χ4n) is 1.92. The number of hydrogen-bond donors (Lipinski definition) is 1. The fourth-order valence-corrected chi connectivity index (χ4v) is 2.17. The van der Waals surface area contributed by atoms with Gasteiger partial charge in [-0.15, -0.1) is 0 Å². The van der Waals surface area contributed by atoms with Crippen molar-refractivity contribution in [1.29, 1.82) is 0 Å². The number of allylic oxidation sites excluding steroid dienone is 1. The van der Waals surface area contributed by atoms with Crippen LogP contribution in [0.4, 0.5) is 0 Å². The number of aromatic nitrogens is 1. The largest absolute Gasteiger partial charge is 0.464 e. The Morgan fingerprint density at radius 2 is 2.26 bits per heavy atom. The predicted molar refractivity (Wildman–Crippen MR) is 67.9 cm³/mol. The Morgan fingerprint density at radius 1 is 1.53 bits per heavy atom. The van der Waals surface area contributed by atoms with Crippen molar-refractivity contribution in [2.75, 3.05) is 7.11 Å². The van der Waals surface area contributed by atoms with Crippen molar-refractivity contribution in [3.8, 4) is 0 Å². The van der Waals surface area contributed by atoms with E-state index >= 15 is 0 Å². The molecular formula is C13H12ClNO4. The maximum absolute atomic E-state index is 11.6. The zero-order chi connectivity index (χ0) is 14.0. The number of carbonyl (C=O) groups is 2. The van der Waals surface area contributed by atoms with Gasteiger partial charge in [0.1, 0.15) is 17.0 Å². The normalized spacial score (nSPS) is 16.2. The molecular weight excluding hydrogens is 270 g/mol. The maximum atomic E-state index is 11.6. The molecule has 100 valence electrons. The summed E-state index contributed by atoms with van der Waals surface area (Å²) >= 11 is 5.93. The van der Waals surface area contributed by atoms with Gasteiger partial charge in [-0.3, -0.25) is 4.79 Å². The van der Waals surface area contributed by atoms with E-state index in [9.17, 15) is 14.7 Å². The van der Waals surface area contributed by atoms with Gasteiger partial charge in [-0.2, -0.15) is 0 Å². The molecule has 0 aromatic carbocycles. The Balaban J connectivity index is 2.31. The second kappa shape index (κ2) is 5.50. The van der Waals surface area contributed by atoms with Crippen LogP contribution in [0.1, 0.15) is 35.0 Å². The highest BCUT2D eigenvalue weighted by Gasteiger charge is 2.26. The van der Waals surface area contributed by atoms with Gasteiger partial charge < -0.3 is 9.84 Å². The van der Waals surface area contributed by atoms with E-state index in [1.54, 1.807) is 6.08 Å². The van der Waals surface area contributed by atoms with Crippen LogP contribution in [0.25, 0.3) is 0 Å². The van der Waals surface area contributed by atoms with E-state index in [0.29, 0.717) is 24.0 Å². The number of Topliss-reactive ketones (excluding diaryl/α,β-unsaturated/α-hetero) is 1. The van der Waals surface area contributed by atoms with E-state index in [1.165, 1.54) is 19.2 Å². The molecule has 19 heavy (non-hydrogen) atoms. The smallest absolute Gasteiger partial charge is 0.356 e. The fraction of sp³-hybridized carbons (Fsp3) is 0.308. The van der Waals surface area contributed by atoms with Crippen molar-refractivity contribution in [2.24, 2.45) is 0 Å². The Kier molecular flexibility index (Phi) is 3.97. The summed E-state index contributed by atoms with van der Waals surface area (Å²) in [6, 6.07) is 2.87. The van der Waals surface area contributed by atoms with E-state index < -0.39 is 12.1 Å². The second-order valence-electron chi connectivity index (χ2n) is 4.09. The summed E-state index contributed by atoms with van der Waals surface area (Å²) in [6.45, 7) is 0. The van der Waals surface area contributed by atoms with Gasteiger partial charge in [-0.05, 0) is 12.5 Å². The lowest BCUT2D eigenvalue weighted by Crippen LogP contribution is -2.11. The summed E-state index contributed by atoms with van der Waals surface area (Å²) in [5.74, 6) is -0.709. The highest BCUT2D eigenvalue weighted by Crippen LogP contribution is 2.31. The minimum Gasteiger partial charge on any atom is -0.464 e. The Morgan fingerprint density at radius 3 is 2.79 bits per heavy atom. The number of carbonyl (C=O) groups excluding carboxylic acids is 2. The molecule has 1 aromatic rings. The van der Waals surface area contributed by atoms with Crippen molar-refractivity contribution in [3.05, 3.63) is 40.2 Å². The number of aliphatic hydroxyl groups excluding tert-OH is 1. The quantitative estimate of drug-likeness (QED) is 0.676. The van der Waals surface area contributed by atoms with Crippen LogP contribution >= 0.6 is 11.6 Å². The molecule has 1 atom stereocenters. The number of aliphatic hydroxyl groups is 1. The average molecular weight is 282 g/mol. The lowest BCUT2D eigenvalue weighted by atomic mass is 10.0. The lowest BCUT2D eigenvalue weighted by Gasteiger charge is -2.13. The summed E-state index contributed by atoms with van der Waals surface area (Å²) < 4.78 is 4.52. The topological polar surface area (TPSA) is 76.5 Å². The number of ether oxygens (including phenoxy) is 1. The molecule has 1 N–H and O–H groups in total. The predicted octanol–water partition coefficient (Wildman–Crippen LogP) is 1.84. The Hall–Kier alpha value is -1.72. The zero-order valence-corrected chi connectivity index (χ0v) is 11.0. The van der Waals surface area contributed by atoms with E-state index in [-0.39, 0.29) is 16.6 Å². The zero-order valence-electron chi connectivity index (χ0n) is 10.2. The molecule has 0 radical (unpaired) electrons. The number of esters is 1. The highest BCUT2D eigenvalue weighted by atomic mass is 35.5. The summed E-state index contributed by atoms with van der Waals surface area (Å²) in [5.41, 5.74) is 0.681. The van der Waals surface area contributed by atoms with Gasteiger partial charge in [0.2, 0.25) is 0 Å². The number of methoxy groups -OCH3 is 1. The summed E-state index contributed by atoms with van der Waals surface area (Å²) in [6.07, 6.45) is 1.60. The third-order valence-corrected chi connectivity index (χ3v) is 3.22. The summed E-state index contributed by atoms with van der Waals surface area (Å²) in [5, 5.41) is 10.1.